The Labute approximate surface area is 98.2 Å². The van der Waals surface area contributed by atoms with Crippen LogP contribution in [0.15, 0.2) is 18.2 Å². The highest BCUT2D eigenvalue weighted by Crippen LogP contribution is 2.37. The second kappa shape index (κ2) is 3.30. The zero-order valence-corrected chi connectivity index (χ0v) is 9.36. The Balaban J connectivity index is 2.19. The molecule has 5 nitrogen and oxygen atoms in total. The molecule has 0 saturated heterocycles. The number of fused-ring (bicyclic) bond motifs is 1. The highest BCUT2D eigenvalue weighted by molar-refractivity contribution is 6.04. The molecular formula is C12H14N4O. The van der Waals surface area contributed by atoms with Gasteiger partial charge >= 0.3 is 0 Å². The monoisotopic (exact) mass is 230 g/mol. The van der Waals surface area contributed by atoms with E-state index >= 15 is 0 Å². The van der Waals surface area contributed by atoms with E-state index in [1.54, 1.807) is 12.1 Å². The van der Waals surface area contributed by atoms with Gasteiger partial charge in [0.25, 0.3) is 5.91 Å². The molecule has 0 atom stereocenters. The maximum atomic E-state index is 11.3. The van der Waals surface area contributed by atoms with E-state index in [9.17, 15) is 4.79 Å². The number of aromatic nitrogens is 2. The maximum absolute atomic E-state index is 11.3. The number of amides is 1. The summed E-state index contributed by atoms with van der Waals surface area (Å²) >= 11 is 0. The normalized spacial score (nSPS) is 17.9. The molecule has 0 unspecified atom stereocenters. The summed E-state index contributed by atoms with van der Waals surface area (Å²) in [5.74, 6) is 0.292. The highest BCUT2D eigenvalue weighted by Gasteiger charge is 2.37. The van der Waals surface area contributed by atoms with Crippen LogP contribution in [0, 0.1) is 0 Å². The van der Waals surface area contributed by atoms with Crippen molar-refractivity contribution >= 4 is 16.9 Å². The Morgan fingerprint density at radius 2 is 2.18 bits per heavy atom. The average Bonchev–Trinajstić information content (AvgIpc) is 2.68. The van der Waals surface area contributed by atoms with E-state index in [1.807, 2.05) is 6.07 Å². The van der Waals surface area contributed by atoms with Crippen LogP contribution in [0.3, 0.4) is 0 Å². The van der Waals surface area contributed by atoms with Crippen LogP contribution in [0.2, 0.25) is 0 Å². The minimum Gasteiger partial charge on any atom is -0.366 e. The number of nitrogens with zero attached hydrogens (tertiary/aromatic N) is 1. The van der Waals surface area contributed by atoms with Crippen LogP contribution in [0.1, 0.15) is 35.4 Å². The Bertz CT molecular complexity index is 598. The van der Waals surface area contributed by atoms with Crippen LogP contribution < -0.4 is 11.5 Å². The predicted molar refractivity (Wildman–Crippen MR) is 64.3 cm³/mol. The van der Waals surface area contributed by atoms with E-state index in [2.05, 4.69) is 9.97 Å². The molecule has 1 fully saturated rings. The third-order valence-corrected chi connectivity index (χ3v) is 3.50. The second-order valence-electron chi connectivity index (χ2n) is 4.66. The van der Waals surface area contributed by atoms with Gasteiger partial charge in [-0.1, -0.05) is 6.07 Å². The number of nitrogens with one attached hydrogen (secondary N) is 1. The predicted octanol–water partition coefficient (Wildman–Crippen LogP) is 1.000. The van der Waals surface area contributed by atoms with Gasteiger partial charge in [-0.3, -0.25) is 4.79 Å². The lowest BCUT2D eigenvalue weighted by Gasteiger charge is -2.35. The third-order valence-electron chi connectivity index (χ3n) is 3.50. The molecule has 1 amide bonds. The van der Waals surface area contributed by atoms with E-state index in [4.69, 9.17) is 11.5 Å². The maximum Gasteiger partial charge on any atom is 0.250 e. The summed E-state index contributed by atoms with van der Waals surface area (Å²) in [5, 5.41) is 0. The van der Waals surface area contributed by atoms with Gasteiger partial charge in [0.05, 0.1) is 16.6 Å². The summed E-state index contributed by atoms with van der Waals surface area (Å²) in [6.45, 7) is 0. The SMILES string of the molecule is NC(=O)c1cccc2[nH]c(C3(N)CCC3)nc12. The number of rotatable bonds is 2. The number of carbonyl (C=O) groups is 1. The van der Waals surface area contributed by atoms with Crippen LogP contribution in [0.5, 0.6) is 0 Å². The number of para-hydroxylation sites is 1. The van der Waals surface area contributed by atoms with Crippen LogP contribution in [0.4, 0.5) is 0 Å². The largest absolute Gasteiger partial charge is 0.366 e. The van der Waals surface area contributed by atoms with E-state index in [0.29, 0.717) is 11.1 Å². The fraction of sp³-hybridized carbons (Fsp3) is 0.333. The standard InChI is InChI=1S/C12H14N4O/c13-10(17)7-3-1-4-8-9(7)16-11(15-8)12(14)5-2-6-12/h1,3-4H,2,5-6,14H2,(H2,13,17)(H,15,16). The minimum absolute atomic E-state index is 0.353. The van der Waals surface area contributed by atoms with Gasteiger partial charge in [0.2, 0.25) is 0 Å². The fourth-order valence-electron chi connectivity index (χ4n) is 2.26. The van der Waals surface area contributed by atoms with Crippen molar-refractivity contribution in [1.82, 2.24) is 9.97 Å². The third kappa shape index (κ3) is 1.43. The summed E-state index contributed by atoms with van der Waals surface area (Å²) in [6.07, 6.45) is 2.98. The summed E-state index contributed by atoms with van der Waals surface area (Å²) in [5.41, 5.74) is 13.0. The lowest BCUT2D eigenvalue weighted by atomic mass is 9.77. The number of aromatic amines is 1. The van der Waals surface area contributed by atoms with Crippen LogP contribution >= 0.6 is 0 Å². The minimum atomic E-state index is -0.465. The second-order valence-corrected chi connectivity index (χ2v) is 4.66. The Morgan fingerprint density at radius 1 is 1.41 bits per heavy atom. The number of hydrogen-bond acceptors (Lipinski definition) is 3. The molecule has 0 bridgehead atoms. The molecule has 0 radical (unpaired) electrons. The molecule has 0 aliphatic heterocycles. The number of hydrogen-bond donors (Lipinski definition) is 3. The molecule has 1 saturated carbocycles. The van der Waals surface area contributed by atoms with E-state index in [0.717, 1.165) is 30.6 Å². The molecule has 1 heterocycles. The molecular weight excluding hydrogens is 216 g/mol. The molecule has 3 rings (SSSR count). The van der Waals surface area contributed by atoms with Gasteiger partial charge in [-0.2, -0.15) is 0 Å². The summed E-state index contributed by atoms with van der Waals surface area (Å²) in [6, 6.07) is 5.34. The number of nitrogens with two attached hydrogens (primary N) is 2. The molecule has 2 aromatic rings. The first-order valence-corrected chi connectivity index (χ1v) is 5.68. The lowest BCUT2D eigenvalue weighted by Crippen LogP contribution is -2.44. The van der Waals surface area contributed by atoms with E-state index in [-0.39, 0.29) is 5.54 Å². The van der Waals surface area contributed by atoms with Crippen LogP contribution in [0.25, 0.3) is 11.0 Å². The molecule has 17 heavy (non-hydrogen) atoms. The van der Waals surface area contributed by atoms with Crippen molar-refractivity contribution in [1.29, 1.82) is 0 Å². The summed E-state index contributed by atoms with van der Waals surface area (Å²) in [4.78, 5) is 18.9. The summed E-state index contributed by atoms with van der Waals surface area (Å²) in [7, 11) is 0. The number of carbonyl (C=O) groups excluding carboxylic acids is 1. The number of imidazole rings is 1. The van der Waals surface area contributed by atoms with Crippen molar-refractivity contribution in [3.8, 4) is 0 Å². The van der Waals surface area contributed by atoms with Gasteiger partial charge in [-0.15, -0.1) is 0 Å². The molecule has 1 aliphatic carbocycles. The quantitative estimate of drug-likeness (QED) is 0.717. The summed E-state index contributed by atoms with van der Waals surface area (Å²) < 4.78 is 0. The van der Waals surface area contributed by atoms with Crippen LogP contribution in [-0.4, -0.2) is 15.9 Å². The van der Waals surface area contributed by atoms with Crippen molar-refractivity contribution in [3.63, 3.8) is 0 Å². The van der Waals surface area contributed by atoms with Gasteiger partial charge < -0.3 is 16.5 Å². The molecule has 5 N–H and O–H groups in total. The molecule has 88 valence electrons. The van der Waals surface area contributed by atoms with Gasteiger partial charge in [0, 0.05) is 0 Å². The molecule has 1 aromatic carbocycles. The van der Waals surface area contributed by atoms with E-state index < -0.39 is 5.91 Å². The van der Waals surface area contributed by atoms with Crippen molar-refractivity contribution in [2.75, 3.05) is 0 Å². The van der Waals surface area contributed by atoms with Gasteiger partial charge in [-0.05, 0) is 31.4 Å². The van der Waals surface area contributed by atoms with Crippen molar-refractivity contribution < 1.29 is 4.79 Å². The first-order chi connectivity index (χ1) is 8.10. The lowest BCUT2D eigenvalue weighted by molar-refractivity contribution is 0.100. The number of primary amides is 1. The average molecular weight is 230 g/mol. The Kier molecular flexibility index (Phi) is 2.00. The van der Waals surface area contributed by atoms with Gasteiger partial charge in [0.1, 0.15) is 11.3 Å². The molecule has 1 aromatic heterocycles. The smallest absolute Gasteiger partial charge is 0.250 e. The molecule has 1 aliphatic rings. The van der Waals surface area contributed by atoms with Crippen molar-refractivity contribution in [2.45, 2.75) is 24.8 Å². The Hall–Kier alpha value is -1.88. The highest BCUT2D eigenvalue weighted by atomic mass is 16.1. The van der Waals surface area contributed by atoms with E-state index in [1.165, 1.54) is 0 Å². The zero-order valence-electron chi connectivity index (χ0n) is 9.36. The van der Waals surface area contributed by atoms with Crippen molar-refractivity contribution in [3.05, 3.63) is 29.6 Å². The van der Waals surface area contributed by atoms with Crippen molar-refractivity contribution in [2.24, 2.45) is 11.5 Å². The molecule has 5 heteroatoms. The molecule has 0 spiro atoms. The first kappa shape index (κ1) is 10.3. The van der Waals surface area contributed by atoms with Gasteiger partial charge in [0.15, 0.2) is 0 Å². The zero-order chi connectivity index (χ0) is 12.0. The van der Waals surface area contributed by atoms with Gasteiger partial charge in [-0.25, -0.2) is 4.98 Å². The number of benzene rings is 1. The topological polar surface area (TPSA) is 97.8 Å². The Morgan fingerprint density at radius 3 is 2.76 bits per heavy atom. The number of H-pyrrole nitrogens is 1. The first-order valence-electron chi connectivity index (χ1n) is 5.68. The van der Waals surface area contributed by atoms with Crippen LogP contribution in [-0.2, 0) is 5.54 Å². The fourth-order valence-corrected chi connectivity index (χ4v) is 2.26.